The zero-order valence-electron chi connectivity index (χ0n) is 10.9. The predicted molar refractivity (Wildman–Crippen MR) is 77.0 cm³/mol. The van der Waals surface area contributed by atoms with Gasteiger partial charge in [-0.25, -0.2) is 0 Å². The molecule has 0 fully saturated rings. The first-order valence-corrected chi connectivity index (χ1v) is 6.95. The minimum atomic E-state index is -0.717. The molecule has 0 aliphatic heterocycles. The van der Waals surface area contributed by atoms with Crippen molar-refractivity contribution < 1.29 is 9.63 Å². The highest BCUT2D eigenvalue weighted by molar-refractivity contribution is 6.33. The average molecular weight is 316 g/mol. The van der Waals surface area contributed by atoms with E-state index in [1.165, 1.54) is 0 Å². The Morgan fingerprint density at radius 3 is 2.90 bits per heavy atom. The number of hydrogen-bond acceptors (Lipinski definition) is 5. The molecule has 2 rings (SSSR count). The molecule has 0 aliphatic carbocycles. The van der Waals surface area contributed by atoms with E-state index < -0.39 is 6.10 Å². The third-order valence-electron chi connectivity index (χ3n) is 2.74. The summed E-state index contributed by atoms with van der Waals surface area (Å²) in [6.45, 7) is 2.76. The van der Waals surface area contributed by atoms with E-state index in [1.807, 2.05) is 0 Å². The lowest BCUT2D eigenvalue weighted by molar-refractivity contribution is 0.175. The molecule has 2 N–H and O–H groups in total. The Morgan fingerprint density at radius 1 is 1.40 bits per heavy atom. The molecule has 1 heterocycles. The van der Waals surface area contributed by atoms with Crippen molar-refractivity contribution in [3.05, 3.63) is 45.5 Å². The summed E-state index contributed by atoms with van der Waals surface area (Å²) in [5.41, 5.74) is 0.611. The van der Waals surface area contributed by atoms with Crippen LogP contribution in [-0.4, -0.2) is 28.3 Å². The lowest BCUT2D eigenvalue weighted by atomic mass is 10.1. The van der Waals surface area contributed by atoms with Crippen LogP contribution in [0, 0.1) is 6.92 Å². The van der Waals surface area contributed by atoms with E-state index in [9.17, 15) is 5.11 Å². The van der Waals surface area contributed by atoms with Crippen LogP contribution in [0.2, 0.25) is 10.0 Å². The lowest BCUT2D eigenvalue weighted by Gasteiger charge is -2.13. The molecule has 108 valence electrons. The minimum Gasteiger partial charge on any atom is -0.387 e. The second-order valence-electron chi connectivity index (χ2n) is 4.37. The van der Waals surface area contributed by atoms with Crippen LogP contribution in [0.5, 0.6) is 0 Å². The smallest absolute Gasteiger partial charge is 0.227 e. The molecule has 1 aromatic heterocycles. The fraction of sp³-hybridized carbons (Fsp3) is 0.385. The van der Waals surface area contributed by atoms with Crippen LogP contribution in [-0.2, 0) is 6.42 Å². The van der Waals surface area contributed by atoms with E-state index in [-0.39, 0.29) is 0 Å². The van der Waals surface area contributed by atoms with E-state index in [0.717, 1.165) is 0 Å². The van der Waals surface area contributed by atoms with Gasteiger partial charge in [0.2, 0.25) is 5.89 Å². The highest BCUT2D eigenvalue weighted by Gasteiger charge is 2.12. The number of hydrogen-bond donors (Lipinski definition) is 2. The Hall–Kier alpha value is -1.14. The molecule has 0 saturated heterocycles. The van der Waals surface area contributed by atoms with E-state index in [4.69, 9.17) is 27.7 Å². The summed E-state index contributed by atoms with van der Waals surface area (Å²) in [6, 6.07) is 5.02. The molecule has 5 nitrogen and oxygen atoms in total. The van der Waals surface area contributed by atoms with Gasteiger partial charge < -0.3 is 14.9 Å². The Kier molecular flexibility index (Phi) is 5.37. The van der Waals surface area contributed by atoms with Crippen molar-refractivity contribution in [1.29, 1.82) is 0 Å². The first-order valence-electron chi connectivity index (χ1n) is 6.19. The summed E-state index contributed by atoms with van der Waals surface area (Å²) in [5, 5.41) is 17.9. The quantitative estimate of drug-likeness (QED) is 0.802. The van der Waals surface area contributed by atoms with Crippen LogP contribution >= 0.6 is 23.2 Å². The zero-order valence-corrected chi connectivity index (χ0v) is 12.4. The van der Waals surface area contributed by atoms with Crippen LogP contribution in [0.3, 0.4) is 0 Å². The molecule has 0 spiro atoms. The van der Waals surface area contributed by atoms with Crippen molar-refractivity contribution in [2.45, 2.75) is 19.4 Å². The minimum absolute atomic E-state index is 0.368. The maximum absolute atomic E-state index is 10.1. The number of aliphatic hydroxyl groups excluding tert-OH is 1. The number of nitrogens with one attached hydrogen (secondary N) is 1. The molecule has 0 bridgehead atoms. The first kappa shape index (κ1) is 15.3. The van der Waals surface area contributed by atoms with Crippen molar-refractivity contribution in [2.24, 2.45) is 0 Å². The summed E-state index contributed by atoms with van der Waals surface area (Å²) < 4.78 is 4.99. The topological polar surface area (TPSA) is 71.2 Å². The number of benzene rings is 1. The standard InChI is InChI=1S/C13H15Cl2N3O2/c1-8-17-13(20-18-8)4-5-16-7-12(19)10-6-9(14)2-3-11(10)15/h2-3,6,12,16,19H,4-5,7H2,1H3. The number of aliphatic hydroxyl groups is 1. The average Bonchev–Trinajstić information content (AvgIpc) is 2.83. The lowest BCUT2D eigenvalue weighted by Crippen LogP contribution is -2.24. The molecule has 1 unspecified atom stereocenters. The molecule has 2 aromatic rings. The fourth-order valence-corrected chi connectivity index (χ4v) is 2.18. The number of aryl methyl sites for hydroxylation is 1. The van der Waals surface area contributed by atoms with E-state index >= 15 is 0 Å². The van der Waals surface area contributed by atoms with Gasteiger partial charge in [-0.05, 0) is 25.1 Å². The van der Waals surface area contributed by atoms with Crippen molar-refractivity contribution in [3.63, 3.8) is 0 Å². The number of aromatic nitrogens is 2. The molecule has 0 amide bonds. The van der Waals surface area contributed by atoms with Gasteiger partial charge in [-0.15, -0.1) is 0 Å². The molecule has 0 saturated carbocycles. The first-order chi connectivity index (χ1) is 9.56. The Labute approximate surface area is 126 Å². The number of nitrogens with zero attached hydrogens (tertiary/aromatic N) is 2. The van der Waals surface area contributed by atoms with E-state index in [1.54, 1.807) is 25.1 Å². The summed E-state index contributed by atoms with van der Waals surface area (Å²) in [4.78, 5) is 4.09. The third-order valence-corrected chi connectivity index (χ3v) is 3.32. The van der Waals surface area contributed by atoms with Crippen molar-refractivity contribution in [2.75, 3.05) is 13.1 Å². The van der Waals surface area contributed by atoms with E-state index in [0.29, 0.717) is 46.8 Å². The molecule has 1 atom stereocenters. The molecular formula is C13H15Cl2N3O2. The molecule has 7 heteroatoms. The molecule has 0 radical (unpaired) electrons. The van der Waals surface area contributed by atoms with E-state index in [2.05, 4.69) is 15.5 Å². The van der Waals surface area contributed by atoms with Gasteiger partial charge >= 0.3 is 0 Å². The molecule has 20 heavy (non-hydrogen) atoms. The summed E-state index contributed by atoms with van der Waals surface area (Å²) >= 11 is 11.9. The Morgan fingerprint density at radius 2 is 2.20 bits per heavy atom. The maximum Gasteiger partial charge on any atom is 0.227 e. The van der Waals surface area contributed by atoms with Gasteiger partial charge in [-0.3, -0.25) is 0 Å². The Balaban J connectivity index is 1.80. The van der Waals surface area contributed by atoms with Crippen LogP contribution in [0.15, 0.2) is 22.7 Å². The highest BCUT2D eigenvalue weighted by atomic mass is 35.5. The van der Waals surface area contributed by atoms with Gasteiger partial charge in [-0.1, -0.05) is 28.4 Å². The van der Waals surface area contributed by atoms with Crippen LogP contribution in [0.4, 0.5) is 0 Å². The normalized spacial score (nSPS) is 12.6. The Bertz CT molecular complexity index is 574. The van der Waals surface area contributed by atoms with Crippen LogP contribution < -0.4 is 5.32 Å². The van der Waals surface area contributed by atoms with Gasteiger partial charge in [0.15, 0.2) is 5.82 Å². The van der Waals surface area contributed by atoms with Crippen molar-refractivity contribution in [3.8, 4) is 0 Å². The fourth-order valence-electron chi connectivity index (χ4n) is 1.76. The van der Waals surface area contributed by atoms with Crippen molar-refractivity contribution >= 4 is 23.2 Å². The second-order valence-corrected chi connectivity index (χ2v) is 5.21. The van der Waals surface area contributed by atoms with Crippen LogP contribution in [0.1, 0.15) is 23.4 Å². The number of rotatable bonds is 6. The summed E-state index contributed by atoms with van der Waals surface area (Å²) in [7, 11) is 0. The summed E-state index contributed by atoms with van der Waals surface area (Å²) in [5.74, 6) is 1.19. The highest BCUT2D eigenvalue weighted by Crippen LogP contribution is 2.25. The largest absolute Gasteiger partial charge is 0.387 e. The van der Waals surface area contributed by atoms with Crippen LogP contribution in [0.25, 0.3) is 0 Å². The van der Waals surface area contributed by atoms with Gasteiger partial charge in [-0.2, -0.15) is 4.98 Å². The second kappa shape index (κ2) is 7.04. The van der Waals surface area contributed by atoms with Gasteiger partial charge in [0.25, 0.3) is 0 Å². The number of halogens is 2. The third kappa shape index (κ3) is 4.18. The predicted octanol–water partition coefficient (Wildman–Crippen LogP) is 2.55. The molecule has 0 aliphatic rings. The SMILES string of the molecule is Cc1noc(CCNCC(O)c2cc(Cl)ccc2Cl)n1. The van der Waals surface area contributed by atoms with Gasteiger partial charge in [0.1, 0.15) is 0 Å². The monoisotopic (exact) mass is 315 g/mol. The van der Waals surface area contributed by atoms with Gasteiger partial charge in [0.05, 0.1) is 6.10 Å². The molecular weight excluding hydrogens is 301 g/mol. The van der Waals surface area contributed by atoms with Crippen molar-refractivity contribution in [1.82, 2.24) is 15.5 Å². The summed E-state index contributed by atoms with van der Waals surface area (Å²) in [6.07, 6.45) is -0.109. The molecule has 1 aromatic carbocycles. The van der Waals surface area contributed by atoms with Gasteiger partial charge in [0, 0.05) is 35.1 Å². The zero-order chi connectivity index (χ0) is 14.5. The maximum atomic E-state index is 10.1.